The number of benzene rings is 1. The van der Waals surface area contributed by atoms with Crippen molar-refractivity contribution in [1.29, 1.82) is 0 Å². The van der Waals surface area contributed by atoms with Gasteiger partial charge in [-0.15, -0.1) is 0 Å². The van der Waals surface area contributed by atoms with Gasteiger partial charge in [-0.3, -0.25) is 0 Å². The van der Waals surface area contributed by atoms with Gasteiger partial charge in [0.25, 0.3) is 0 Å². The fraction of sp³-hybridized carbons (Fsp3) is 0.364. The van der Waals surface area contributed by atoms with E-state index in [0.29, 0.717) is 0 Å². The van der Waals surface area contributed by atoms with Gasteiger partial charge < -0.3 is 20.1 Å². The molecule has 0 fully saturated rings. The van der Waals surface area contributed by atoms with Crippen LogP contribution in [0, 0.1) is 0 Å². The van der Waals surface area contributed by atoms with Gasteiger partial charge in [-0.1, -0.05) is 30.3 Å². The lowest BCUT2D eigenvalue weighted by molar-refractivity contribution is -0.162. The third-order valence-electron chi connectivity index (χ3n) is 2.02. The molecule has 0 amide bonds. The molecule has 0 aromatic heterocycles. The fourth-order valence-corrected chi connectivity index (χ4v) is 1.07. The molecule has 0 aliphatic heterocycles. The van der Waals surface area contributed by atoms with Crippen molar-refractivity contribution in [2.24, 2.45) is 0 Å². The lowest BCUT2D eigenvalue weighted by Gasteiger charge is -2.14. The van der Waals surface area contributed by atoms with Gasteiger partial charge in [0.05, 0.1) is 6.61 Å². The highest BCUT2D eigenvalue weighted by atomic mass is 16.5. The third-order valence-corrected chi connectivity index (χ3v) is 2.02. The van der Waals surface area contributed by atoms with Crippen molar-refractivity contribution in [3.8, 4) is 0 Å². The van der Waals surface area contributed by atoms with Crippen molar-refractivity contribution < 1.29 is 24.9 Å². The Morgan fingerprint density at radius 3 is 2.44 bits per heavy atom. The van der Waals surface area contributed by atoms with Gasteiger partial charge in [-0.05, 0) is 5.56 Å². The average Bonchev–Trinajstić information content (AvgIpc) is 2.35. The molecule has 1 aromatic carbocycles. The average molecular weight is 226 g/mol. The van der Waals surface area contributed by atoms with Gasteiger partial charge in [0.15, 0.2) is 6.10 Å². The van der Waals surface area contributed by atoms with Crippen molar-refractivity contribution in [2.75, 3.05) is 6.61 Å². The van der Waals surface area contributed by atoms with E-state index in [1.807, 2.05) is 6.07 Å². The van der Waals surface area contributed by atoms with Gasteiger partial charge in [0, 0.05) is 0 Å². The summed E-state index contributed by atoms with van der Waals surface area (Å²) in [5, 5.41) is 26.7. The number of ether oxygens (including phenoxy) is 1. The summed E-state index contributed by atoms with van der Waals surface area (Å²) in [7, 11) is 0. The highest BCUT2D eigenvalue weighted by Gasteiger charge is 2.24. The number of carbonyl (C=O) groups excluding carboxylic acids is 1. The normalized spacial score (nSPS) is 14.2. The van der Waals surface area contributed by atoms with E-state index in [4.69, 9.17) is 14.9 Å². The first-order valence-electron chi connectivity index (χ1n) is 4.82. The summed E-state index contributed by atoms with van der Waals surface area (Å²) in [4.78, 5) is 11.2. The lowest BCUT2D eigenvalue weighted by Crippen LogP contribution is -2.37. The summed E-state index contributed by atoms with van der Waals surface area (Å²) >= 11 is 0. The zero-order chi connectivity index (χ0) is 12.0. The molecule has 0 bridgehead atoms. The number of rotatable bonds is 5. The van der Waals surface area contributed by atoms with Gasteiger partial charge in [-0.2, -0.15) is 0 Å². The molecular weight excluding hydrogens is 212 g/mol. The monoisotopic (exact) mass is 226 g/mol. The molecule has 0 unspecified atom stereocenters. The minimum Gasteiger partial charge on any atom is -0.459 e. The second-order valence-corrected chi connectivity index (χ2v) is 3.29. The van der Waals surface area contributed by atoms with Crippen molar-refractivity contribution in [2.45, 2.75) is 18.8 Å². The number of esters is 1. The van der Waals surface area contributed by atoms with Crippen LogP contribution in [0.1, 0.15) is 5.56 Å². The van der Waals surface area contributed by atoms with Crippen LogP contribution in [0.25, 0.3) is 0 Å². The molecule has 1 aromatic rings. The highest BCUT2D eigenvalue weighted by Crippen LogP contribution is 2.03. The van der Waals surface area contributed by atoms with Crippen molar-refractivity contribution in [1.82, 2.24) is 0 Å². The van der Waals surface area contributed by atoms with Gasteiger partial charge >= 0.3 is 5.97 Å². The van der Waals surface area contributed by atoms with Crippen molar-refractivity contribution in [3.63, 3.8) is 0 Å². The predicted molar refractivity (Wildman–Crippen MR) is 55.3 cm³/mol. The van der Waals surface area contributed by atoms with Crippen LogP contribution in [0.4, 0.5) is 0 Å². The highest BCUT2D eigenvalue weighted by molar-refractivity contribution is 5.75. The fourth-order valence-electron chi connectivity index (χ4n) is 1.07. The molecule has 0 aliphatic rings. The van der Waals surface area contributed by atoms with E-state index in [2.05, 4.69) is 0 Å². The Morgan fingerprint density at radius 2 is 1.88 bits per heavy atom. The number of aliphatic hydroxyl groups excluding tert-OH is 3. The Hall–Kier alpha value is -1.43. The van der Waals surface area contributed by atoms with E-state index in [1.165, 1.54) is 0 Å². The Morgan fingerprint density at radius 1 is 1.25 bits per heavy atom. The molecule has 0 aliphatic carbocycles. The van der Waals surface area contributed by atoms with Crippen molar-refractivity contribution in [3.05, 3.63) is 35.9 Å². The van der Waals surface area contributed by atoms with Crippen LogP contribution in [-0.4, -0.2) is 40.1 Å². The maximum Gasteiger partial charge on any atom is 0.338 e. The van der Waals surface area contributed by atoms with Crippen LogP contribution < -0.4 is 0 Å². The SMILES string of the molecule is O=C(OCc1ccccc1)[C@H](O)[C@@H](O)CO. The largest absolute Gasteiger partial charge is 0.459 e. The van der Waals surface area contributed by atoms with Crippen molar-refractivity contribution >= 4 is 5.97 Å². The third kappa shape index (κ3) is 3.62. The second kappa shape index (κ2) is 6.22. The number of hydrogen-bond acceptors (Lipinski definition) is 5. The predicted octanol–water partition coefficient (Wildman–Crippen LogP) is -0.556. The Bertz CT molecular complexity index is 324. The van der Waals surface area contributed by atoms with Crippen LogP contribution in [0.5, 0.6) is 0 Å². The number of carbonyl (C=O) groups is 1. The minimum atomic E-state index is -1.71. The Labute approximate surface area is 92.9 Å². The molecule has 2 atom stereocenters. The van der Waals surface area contributed by atoms with E-state index < -0.39 is 24.8 Å². The van der Waals surface area contributed by atoms with Gasteiger partial charge in [0.1, 0.15) is 12.7 Å². The molecule has 0 spiro atoms. The zero-order valence-electron chi connectivity index (χ0n) is 8.61. The summed E-state index contributed by atoms with van der Waals surface area (Å²) in [6.45, 7) is -0.670. The summed E-state index contributed by atoms with van der Waals surface area (Å²) in [5.74, 6) is -0.953. The van der Waals surface area contributed by atoms with E-state index in [0.717, 1.165) is 5.56 Å². The maximum atomic E-state index is 11.2. The van der Waals surface area contributed by atoms with E-state index in [-0.39, 0.29) is 6.61 Å². The van der Waals surface area contributed by atoms with E-state index >= 15 is 0 Å². The molecule has 5 nitrogen and oxygen atoms in total. The molecule has 1 rings (SSSR count). The Kier molecular flexibility index (Phi) is 4.91. The Balaban J connectivity index is 2.41. The molecular formula is C11H14O5. The summed E-state index contributed by atoms with van der Waals surface area (Å²) in [6.07, 6.45) is -3.23. The first-order chi connectivity index (χ1) is 7.65. The standard InChI is InChI=1S/C11H14O5/c12-6-9(13)10(14)11(15)16-7-8-4-2-1-3-5-8/h1-5,9-10,12-14H,6-7H2/t9-,10+/m0/s1. The van der Waals surface area contributed by atoms with Gasteiger partial charge in [0.2, 0.25) is 0 Å². The minimum absolute atomic E-state index is 0.0227. The summed E-state index contributed by atoms with van der Waals surface area (Å²) in [6, 6.07) is 8.95. The molecule has 0 saturated carbocycles. The lowest BCUT2D eigenvalue weighted by atomic mass is 10.2. The number of hydrogen-bond donors (Lipinski definition) is 3. The maximum absolute atomic E-state index is 11.2. The van der Waals surface area contributed by atoms with E-state index in [1.54, 1.807) is 24.3 Å². The summed E-state index contributed by atoms with van der Waals surface area (Å²) < 4.78 is 4.75. The molecule has 0 radical (unpaired) electrons. The van der Waals surface area contributed by atoms with Crippen LogP contribution in [0.2, 0.25) is 0 Å². The molecule has 0 saturated heterocycles. The first kappa shape index (κ1) is 12.6. The van der Waals surface area contributed by atoms with Crippen LogP contribution in [-0.2, 0) is 16.1 Å². The van der Waals surface area contributed by atoms with Crippen LogP contribution in [0.3, 0.4) is 0 Å². The molecule has 16 heavy (non-hydrogen) atoms. The molecule has 88 valence electrons. The molecule has 0 heterocycles. The number of aliphatic hydroxyl groups is 3. The zero-order valence-corrected chi connectivity index (χ0v) is 8.61. The molecule has 3 N–H and O–H groups in total. The van der Waals surface area contributed by atoms with E-state index in [9.17, 15) is 9.90 Å². The summed E-state index contributed by atoms with van der Waals surface area (Å²) in [5.41, 5.74) is 0.779. The second-order valence-electron chi connectivity index (χ2n) is 3.29. The first-order valence-corrected chi connectivity index (χ1v) is 4.82. The van der Waals surface area contributed by atoms with Gasteiger partial charge in [-0.25, -0.2) is 4.79 Å². The van der Waals surface area contributed by atoms with Crippen LogP contribution >= 0.6 is 0 Å². The topological polar surface area (TPSA) is 87.0 Å². The van der Waals surface area contributed by atoms with Crippen LogP contribution in [0.15, 0.2) is 30.3 Å². The smallest absolute Gasteiger partial charge is 0.338 e. The molecule has 5 heteroatoms. The quantitative estimate of drug-likeness (QED) is 0.586.